The maximum Gasteiger partial charge on any atom is 0.238 e. The zero-order valence-electron chi connectivity index (χ0n) is 17.2. The van der Waals surface area contributed by atoms with Crippen molar-refractivity contribution in [2.75, 3.05) is 6.61 Å². The summed E-state index contributed by atoms with van der Waals surface area (Å²) >= 11 is 3.48. The van der Waals surface area contributed by atoms with Gasteiger partial charge in [0.15, 0.2) is 0 Å². The third-order valence-corrected chi connectivity index (χ3v) is 5.24. The first-order valence-corrected chi connectivity index (χ1v) is 10.8. The Morgan fingerprint density at radius 1 is 1.00 bits per heavy atom. The second-order valence-electron chi connectivity index (χ2n) is 6.87. The fourth-order valence-electron chi connectivity index (χ4n) is 3.32. The van der Waals surface area contributed by atoms with Crippen LogP contribution in [-0.4, -0.2) is 12.8 Å². The standard InChI is InChI=1S/C27H19BrN2O2/c1-2-15-31-24-14-13-22(28)16-21(24)18-30-27-23(17-29)25(19-9-5-3-6-10-19)26(32-27)20-11-7-4-8-12-20/h2-14,16,18H,1,15H2. The number of benzene rings is 3. The Labute approximate surface area is 195 Å². The maximum absolute atomic E-state index is 10.0. The van der Waals surface area contributed by atoms with Crippen molar-refractivity contribution < 1.29 is 9.15 Å². The molecule has 0 spiro atoms. The number of aliphatic imine (C=N–C) groups is 1. The summed E-state index contributed by atoms with van der Waals surface area (Å²) in [7, 11) is 0. The SMILES string of the molecule is C=CCOc1ccc(Br)cc1C=Nc1oc(-c2ccccc2)c(-c2ccccc2)c1C#N. The highest BCUT2D eigenvalue weighted by Gasteiger charge is 2.22. The number of furan rings is 1. The Morgan fingerprint density at radius 3 is 2.34 bits per heavy atom. The van der Waals surface area contributed by atoms with E-state index >= 15 is 0 Å². The number of nitrogens with zero attached hydrogens (tertiary/aromatic N) is 2. The molecule has 1 aromatic heterocycles. The fourth-order valence-corrected chi connectivity index (χ4v) is 3.69. The number of halogens is 1. The van der Waals surface area contributed by atoms with Crippen molar-refractivity contribution in [3.8, 4) is 34.3 Å². The van der Waals surface area contributed by atoms with Gasteiger partial charge in [0, 0.05) is 27.4 Å². The zero-order valence-corrected chi connectivity index (χ0v) is 18.7. The predicted molar refractivity (Wildman–Crippen MR) is 131 cm³/mol. The van der Waals surface area contributed by atoms with Crippen LogP contribution >= 0.6 is 15.9 Å². The van der Waals surface area contributed by atoms with Crippen LogP contribution in [-0.2, 0) is 0 Å². The summed E-state index contributed by atoms with van der Waals surface area (Å²) in [6.45, 7) is 4.07. The zero-order chi connectivity index (χ0) is 22.3. The summed E-state index contributed by atoms with van der Waals surface area (Å²) < 4.78 is 12.8. The average Bonchev–Trinajstić information content (AvgIpc) is 3.22. The van der Waals surface area contributed by atoms with Crippen molar-refractivity contribution in [2.45, 2.75) is 0 Å². The van der Waals surface area contributed by atoms with Crippen LogP contribution in [0.4, 0.5) is 5.88 Å². The van der Waals surface area contributed by atoms with E-state index in [4.69, 9.17) is 9.15 Å². The van der Waals surface area contributed by atoms with Gasteiger partial charge in [-0.25, -0.2) is 4.99 Å². The van der Waals surface area contributed by atoms with E-state index in [1.54, 1.807) is 12.3 Å². The third kappa shape index (κ3) is 4.56. The van der Waals surface area contributed by atoms with Gasteiger partial charge in [-0.2, -0.15) is 5.26 Å². The predicted octanol–water partition coefficient (Wildman–Crippen LogP) is 7.56. The lowest BCUT2D eigenvalue weighted by Crippen LogP contribution is -1.96. The van der Waals surface area contributed by atoms with Crippen molar-refractivity contribution in [1.29, 1.82) is 5.26 Å². The Kier molecular flexibility index (Phi) is 6.64. The molecule has 4 nitrogen and oxygen atoms in total. The number of ether oxygens (including phenoxy) is 1. The van der Waals surface area contributed by atoms with Crippen LogP contribution in [0.25, 0.3) is 22.5 Å². The topological polar surface area (TPSA) is 58.5 Å². The van der Waals surface area contributed by atoms with Crippen LogP contribution in [0.1, 0.15) is 11.1 Å². The summed E-state index contributed by atoms with van der Waals surface area (Å²) in [5, 5.41) is 10.0. The molecule has 1 heterocycles. The van der Waals surface area contributed by atoms with Gasteiger partial charge >= 0.3 is 0 Å². The minimum absolute atomic E-state index is 0.250. The summed E-state index contributed by atoms with van der Waals surface area (Å²) in [6.07, 6.45) is 3.33. The molecule has 0 aliphatic rings. The van der Waals surface area contributed by atoms with E-state index in [1.165, 1.54) is 0 Å². The molecule has 0 saturated heterocycles. The van der Waals surface area contributed by atoms with Gasteiger partial charge in [-0.3, -0.25) is 0 Å². The van der Waals surface area contributed by atoms with E-state index in [2.05, 4.69) is 33.6 Å². The summed E-state index contributed by atoms with van der Waals surface area (Å²) in [4.78, 5) is 4.55. The smallest absolute Gasteiger partial charge is 0.238 e. The molecule has 0 aliphatic heterocycles. The summed E-state index contributed by atoms with van der Waals surface area (Å²) in [5.74, 6) is 1.52. The molecule has 0 saturated carbocycles. The minimum Gasteiger partial charge on any atom is -0.489 e. The molecule has 0 radical (unpaired) electrons. The molecule has 0 N–H and O–H groups in total. The molecule has 4 rings (SSSR count). The summed E-state index contributed by atoms with van der Waals surface area (Å²) in [6, 6.07) is 27.4. The molecule has 5 heteroatoms. The first-order chi connectivity index (χ1) is 15.7. The van der Waals surface area contributed by atoms with Crippen molar-refractivity contribution in [3.63, 3.8) is 0 Å². The van der Waals surface area contributed by atoms with Crippen molar-refractivity contribution in [2.24, 2.45) is 4.99 Å². The Bertz CT molecular complexity index is 1300. The monoisotopic (exact) mass is 482 g/mol. The van der Waals surface area contributed by atoms with E-state index < -0.39 is 0 Å². The lowest BCUT2D eigenvalue weighted by Gasteiger charge is -2.07. The highest BCUT2D eigenvalue weighted by Crippen LogP contribution is 2.42. The number of rotatable bonds is 7. The molecule has 4 aromatic rings. The van der Waals surface area contributed by atoms with E-state index in [-0.39, 0.29) is 5.88 Å². The molecule has 156 valence electrons. The average molecular weight is 483 g/mol. The largest absolute Gasteiger partial charge is 0.489 e. The third-order valence-electron chi connectivity index (χ3n) is 4.75. The molecule has 0 aliphatic carbocycles. The van der Waals surface area contributed by atoms with Crippen LogP contribution in [0.3, 0.4) is 0 Å². The summed E-state index contributed by atoms with van der Waals surface area (Å²) in [5.41, 5.74) is 3.63. The van der Waals surface area contributed by atoms with Crippen LogP contribution in [0, 0.1) is 11.3 Å². The van der Waals surface area contributed by atoms with E-state index in [9.17, 15) is 5.26 Å². The Balaban J connectivity index is 1.85. The van der Waals surface area contributed by atoms with E-state index in [1.807, 2.05) is 78.9 Å². The van der Waals surface area contributed by atoms with Gasteiger partial charge in [0.2, 0.25) is 5.88 Å². The lowest BCUT2D eigenvalue weighted by atomic mass is 9.98. The lowest BCUT2D eigenvalue weighted by molar-refractivity contribution is 0.362. The van der Waals surface area contributed by atoms with Crippen LogP contribution in [0.15, 0.2) is 105 Å². The van der Waals surface area contributed by atoms with E-state index in [0.29, 0.717) is 23.7 Å². The molecule has 0 unspecified atom stereocenters. The Morgan fingerprint density at radius 2 is 1.69 bits per heavy atom. The molecule has 0 atom stereocenters. The highest BCUT2D eigenvalue weighted by molar-refractivity contribution is 9.10. The van der Waals surface area contributed by atoms with Gasteiger partial charge in [0.1, 0.15) is 29.7 Å². The van der Waals surface area contributed by atoms with Crippen molar-refractivity contribution >= 4 is 28.0 Å². The van der Waals surface area contributed by atoms with Crippen LogP contribution < -0.4 is 4.74 Å². The Hall–Kier alpha value is -3.88. The van der Waals surface area contributed by atoms with Gasteiger partial charge in [-0.15, -0.1) is 0 Å². The van der Waals surface area contributed by atoms with Gasteiger partial charge in [0.25, 0.3) is 0 Å². The molecular formula is C27H19BrN2O2. The van der Waals surface area contributed by atoms with E-state index in [0.717, 1.165) is 26.7 Å². The normalized spacial score (nSPS) is 10.8. The van der Waals surface area contributed by atoms with Gasteiger partial charge in [-0.1, -0.05) is 89.2 Å². The number of hydrogen-bond donors (Lipinski definition) is 0. The minimum atomic E-state index is 0.250. The van der Waals surface area contributed by atoms with Crippen LogP contribution in [0.5, 0.6) is 5.75 Å². The molecular weight excluding hydrogens is 464 g/mol. The number of nitriles is 1. The second-order valence-corrected chi connectivity index (χ2v) is 7.79. The van der Waals surface area contributed by atoms with Crippen LogP contribution in [0.2, 0.25) is 0 Å². The molecule has 3 aromatic carbocycles. The molecule has 0 amide bonds. The maximum atomic E-state index is 10.0. The van der Waals surface area contributed by atoms with Gasteiger partial charge in [-0.05, 0) is 23.8 Å². The first kappa shape index (κ1) is 21.4. The van der Waals surface area contributed by atoms with Gasteiger partial charge < -0.3 is 9.15 Å². The second kappa shape index (κ2) is 9.95. The highest BCUT2D eigenvalue weighted by atomic mass is 79.9. The quantitative estimate of drug-likeness (QED) is 0.201. The fraction of sp³-hybridized carbons (Fsp3) is 0.0370. The van der Waals surface area contributed by atoms with Crippen molar-refractivity contribution in [3.05, 3.63) is 107 Å². The first-order valence-electron chi connectivity index (χ1n) is 9.96. The number of hydrogen-bond acceptors (Lipinski definition) is 4. The molecule has 0 bridgehead atoms. The van der Waals surface area contributed by atoms with Crippen molar-refractivity contribution in [1.82, 2.24) is 0 Å². The molecule has 0 fully saturated rings. The molecule has 32 heavy (non-hydrogen) atoms. The van der Waals surface area contributed by atoms with Gasteiger partial charge in [0.05, 0.1) is 0 Å².